The molecule has 0 amide bonds. The monoisotopic (exact) mass is 271 g/mol. The maximum atomic E-state index is 9.89. The van der Waals surface area contributed by atoms with E-state index in [0.717, 1.165) is 37.3 Å². The van der Waals surface area contributed by atoms with Gasteiger partial charge in [-0.25, -0.2) is 4.98 Å². The van der Waals surface area contributed by atoms with Crippen molar-refractivity contribution in [1.82, 2.24) is 10.3 Å². The third-order valence-electron chi connectivity index (χ3n) is 3.84. The van der Waals surface area contributed by atoms with Crippen molar-refractivity contribution < 1.29 is 5.11 Å². The van der Waals surface area contributed by atoms with E-state index in [9.17, 15) is 5.11 Å². The number of aliphatic hydroxyl groups excluding tert-OH is 1. The molecule has 1 aromatic carbocycles. The minimum atomic E-state index is -0.237. The largest absolute Gasteiger partial charge is 0.391 e. The summed E-state index contributed by atoms with van der Waals surface area (Å²) in [7, 11) is 1.95. The van der Waals surface area contributed by atoms with Gasteiger partial charge in [-0.1, -0.05) is 18.2 Å². The molecule has 1 fully saturated rings. The predicted molar refractivity (Wildman–Crippen MR) is 82.0 cm³/mol. The second kappa shape index (κ2) is 5.77. The number of aliphatic hydroxyl groups is 1. The Morgan fingerprint density at radius 2 is 2.25 bits per heavy atom. The van der Waals surface area contributed by atoms with Gasteiger partial charge < -0.3 is 15.3 Å². The van der Waals surface area contributed by atoms with Crippen LogP contribution < -0.4 is 10.2 Å². The number of pyridine rings is 1. The van der Waals surface area contributed by atoms with Gasteiger partial charge in [0.15, 0.2) is 0 Å². The average Bonchev–Trinajstić information content (AvgIpc) is 2.47. The van der Waals surface area contributed by atoms with E-state index in [1.807, 2.05) is 25.2 Å². The highest BCUT2D eigenvalue weighted by molar-refractivity contribution is 5.81. The number of piperidine rings is 1. The Kier molecular flexibility index (Phi) is 3.85. The molecule has 3 rings (SSSR count). The molecule has 4 nitrogen and oxygen atoms in total. The van der Waals surface area contributed by atoms with Crippen molar-refractivity contribution in [1.29, 1.82) is 0 Å². The van der Waals surface area contributed by atoms with Crippen LogP contribution in [0.4, 0.5) is 5.82 Å². The molecule has 2 N–H and O–H groups in total. The third-order valence-corrected chi connectivity index (χ3v) is 3.84. The summed E-state index contributed by atoms with van der Waals surface area (Å²) >= 11 is 0. The number of rotatable bonds is 3. The van der Waals surface area contributed by atoms with Gasteiger partial charge in [0, 0.05) is 30.6 Å². The summed E-state index contributed by atoms with van der Waals surface area (Å²) in [6.45, 7) is 2.45. The van der Waals surface area contributed by atoms with E-state index < -0.39 is 0 Å². The van der Waals surface area contributed by atoms with E-state index in [0.29, 0.717) is 6.54 Å². The second-order valence-corrected chi connectivity index (χ2v) is 5.44. The molecule has 20 heavy (non-hydrogen) atoms. The lowest BCUT2D eigenvalue weighted by molar-refractivity contribution is 0.154. The van der Waals surface area contributed by atoms with E-state index in [2.05, 4.69) is 22.3 Å². The number of β-amino-alcohol motifs (C(OH)–C–C–N with tert-alkyl or cyclic N) is 1. The van der Waals surface area contributed by atoms with Gasteiger partial charge in [-0.3, -0.25) is 0 Å². The topological polar surface area (TPSA) is 48.4 Å². The van der Waals surface area contributed by atoms with E-state index in [1.165, 1.54) is 10.9 Å². The molecule has 2 aromatic rings. The molecule has 4 heteroatoms. The summed E-state index contributed by atoms with van der Waals surface area (Å²) < 4.78 is 0. The van der Waals surface area contributed by atoms with Gasteiger partial charge >= 0.3 is 0 Å². The van der Waals surface area contributed by atoms with Crippen LogP contribution in [0.25, 0.3) is 10.9 Å². The Morgan fingerprint density at radius 3 is 3.05 bits per heavy atom. The highest BCUT2D eigenvalue weighted by Crippen LogP contribution is 2.26. The van der Waals surface area contributed by atoms with Gasteiger partial charge in [-0.05, 0) is 32.0 Å². The summed E-state index contributed by atoms with van der Waals surface area (Å²) in [5.41, 5.74) is 2.21. The zero-order valence-electron chi connectivity index (χ0n) is 11.8. The van der Waals surface area contributed by atoms with Crippen molar-refractivity contribution in [3.63, 3.8) is 0 Å². The van der Waals surface area contributed by atoms with E-state index in [-0.39, 0.29) is 6.10 Å². The Hall–Kier alpha value is -1.65. The molecule has 1 aromatic heterocycles. The Balaban J connectivity index is 2.04. The molecule has 1 aliphatic heterocycles. The summed E-state index contributed by atoms with van der Waals surface area (Å²) in [6.07, 6.45) is 1.68. The molecule has 0 saturated carbocycles. The van der Waals surface area contributed by atoms with Crippen molar-refractivity contribution in [2.75, 3.05) is 25.0 Å². The summed E-state index contributed by atoms with van der Waals surface area (Å²) in [5, 5.41) is 14.3. The normalized spacial score (nSPS) is 19.5. The van der Waals surface area contributed by atoms with Crippen LogP contribution in [0.3, 0.4) is 0 Å². The van der Waals surface area contributed by atoms with E-state index >= 15 is 0 Å². The molecule has 1 aliphatic rings. The fraction of sp³-hybridized carbons (Fsp3) is 0.438. The molecule has 2 heterocycles. The van der Waals surface area contributed by atoms with Crippen molar-refractivity contribution in [2.24, 2.45) is 0 Å². The number of hydrogen-bond acceptors (Lipinski definition) is 4. The lowest BCUT2D eigenvalue weighted by Crippen LogP contribution is -2.39. The number of fused-ring (bicyclic) bond motifs is 1. The first-order valence-electron chi connectivity index (χ1n) is 7.24. The maximum Gasteiger partial charge on any atom is 0.133 e. The molecule has 1 saturated heterocycles. The molecule has 1 atom stereocenters. The molecule has 106 valence electrons. The Labute approximate surface area is 119 Å². The van der Waals surface area contributed by atoms with Gasteiger partial charge in [0.25, 0.3) is 0 Å². The third kappa shape index (κ3) is 2.62. The summed E-state index contributed by atoms with van der Waals surface area (Å²) in [5.74, 6) is 1.01. The quantitative estimate of drug-likeness (QED) is 0.895. The van der Waals surface area contributed by atoms with Crippen molar-refractivity contribution in [2.45, 2.75) is 25.5 Å². The number of hydrogen-bond donors (Lipinski definition) is 2. The molecule has 0 spiro atoms. The number of aromatic nitrogens is 1. The minimum Gasteiger partial charge on any atom is -0.391 e. The Bertz CT molecular complexity index is 599. The van der Waals surface area contributed by atoms with Crippen LogP contribution in [0.2, 0.25) is 0 Å². The minimum absolute atomic E-state index is 0.237. The highest BCUT2D eigenvalue weighted by Gasteiger charge is 2.21. The fourth-order valence-corrected chi connectivity index (χ4v) is 2.89. The predicted octanol–water partition coefficient (Wildman–Crippen LogP) is 1.92. The SMILES string of the molecule is CNCc1cc2ccccc2nc1N1CCCC(O)C1. The van der Waals surface area contributed by atoms with Gasteiger partial charge in [0.2, 0.25) is 0 Å². The van der Waals surface area contributed by atoms with Crippen LogP contribution in [0.15, 0.2) is 30.3 Å². The number of benzene rings is 1. The standard InChI is InChI=1S/C16H21N3O/c1-17-10-13-9-12-5-2-3-7-15(12)18-16(13)19-8-4-6-14(20)11-19/h2-3,5,7,9,14,17,20H,4,6,8,10-11H2,1H3. The average molecular weight is 271 g/mol. The molecule has 0 bridgehead atoms. The van der Waals surface area contributed by atoms with Gasteiger partial charge in [0.05, 0.1) is 11.6 Å². The van der Waals surface area contributed by atoms with Crippen LogP contribution >= 0.6 is 0 Å². The first-order valence-corrected chi connectivity index (χ1v) is 7.24. The van der Waals surface area contributed by atoms with E-state index in [4.69, 9.17) is 4.98 Å². The maximum absolute atomic E-state index is 9.89. The zero-order chi connectivity index (χ0) is 13.9. The van der Waals surface area contributed by atoms with Crippen molar-refractivity contribution >= 4 is 16.7 Å². The molecule has 0 radical (unpaired) electrons. The van der Waals surface area contributed by atoms with Crippen LogP contribution in [0, 0.1) is 0 Å². The number of nitrogens with one attached hydrogen (secondary N) is 1. The second-order valence-electron chi connectivity index (χ2n) is 5.44. The van der Waals surface area contributed by atoms with Gasteiger partial charge in [-0.15, -0.1) is 0 Å². The van der Waals surface area contributed by atoms with Crippen LogP contribution in [-0.4, -0.2) is 36.3 Å². The number of anilines is 1. The molecule has 1 unspecified atom stereocenters. The smallest absolute Gasteiger partial charge is 0.133 e. The summed E-state index contributed by atoms with van der Waals surface area (Å²) in [4.78, 5) is 7.04. The highest BCUT2D eigenvalue weighted by atomic mass is 16.3. The van der Waals surface area contributed by atoms with Crippen LogP contribution in [0.1, 0.15) is 18.4 Å². The van der Waals surface area contributed by atoms with Gasteiger partial charge in [0.1, 0.15) is 5.82 Å². The fourth-order valence-electron chi connectivity index (χ4n) is 2.89. The van der Waals surface area contributed by atoms with E-state index in [1.54, 1.807) is 0 Å². The van der Waals surface area contributed by atoms with Crippen LogP contribution in [0.5, 0.6) is 0 Å². The first-order chi connectivity index (χ1) is 9.78. The zero-order valence-corrected chi connectivity index (χ0v) is 11.8. The molecular formula is C16H21N3O. The number of para-hydroxylation sites is 1. The van der Waals surface area contributed by atoms with Crippen molar-refractivity contribution in [3.05, 3.63) is 35.9 Å². The Morgan fingerprint density at radius 1 is 1.40 bits per heavy atom. The summed E-state index contributed by atoms with van der Waals surface area (Å²) in [6, 6.07) is 10.4. The molecule has 0 aliphatic carbocycles. The lowest BCUT2D eigenvalue weighted by Gasteiger charge is -2.32. The number of nitrogens with zero attached hydrogens (tertiary/aromatic N) is 2. The van der Waals surface area contributed by atoms with Gasteiger partial charge in [-0.2, -0.15) is 0 Å². The lowest BCUT2D eigenvalue weighted by atomic mass is 10.1. The molecular weight excluding hydrogens is 250 g/mol. The van der Waals surface area contributed by atoms with Crippen molar-refractivity contribution in [3.8, 4) is 0 Å². The first kappa shape index (κ1) is 13.3. The van der Waals surface area contributed by atoms with Crippen LogP contribution in [-0.2, 0) is 6.54 Å².